The predicted octanol–water partition coefficient (Wildman–Crippen LogP) is 4.54. The van der Waals surface area contributed by atoms with E-state index in [1.54, 1.807) is 6.92 Å². The molecule has 0 N–H and O–H groups in total. The molecule has 0 aromatic heterocycles. The quantitative estimate of drug-likeness (QED) is 0.474. The second-order valence-corrected chi connectivity index (χ2v) is 5.98. The molecule has 3 heteroatoms. The van der Waals surface area contributed by atoms with Gasteiger partial charge in [0.05, 0.1) is 0 Å². The third-order valence-corrected chi connectivity index (χ3v) is 4.10. The van der Waals surface area contributed by atoms with Gasteiger partial charge >= 0.3 is 11.9 Å². The molecular formula is C21H18O3. The Morgan fingerprint density at radius 1 is 1.08 bits per heavy atom. The lowest BCUT2D eigenvalue weighted by Crippen LogP contribution is -2.14. The highest BCUT2D eigenvalue weighted by Crippen LogP contribution is 2.35. The summed E-state index contributed by atoms with van der Waals surface area (Å²) in [5, 5.41) is 2.37. The second-order valence-electron chi connectivity index (χ2n) is 5.98. The van der Waals surface area contributed by atoms with E-state index in [1.165, 1.54) is 23.3 Å². The Morgan fingerprint density at radius 2 is 1.79 bits per heavy atom. The first-order valence-electron chi connectivity index (χ1n) is 7.77. The molecule has 0 amide bonds. The van der Waals surface area contributed by atoms with E-state index < -0.39 is 11.9 Å². The maximum atomic E-state index is 12.0. The van der Waals surface area contributed by atoms with Crippen LogP contribution < -0.4 is 0 Å². The van der Waals surface area contributed by atoms with Crippen LogP contribution in [0, 0.1) is 0 Å². The van der Waals surface area contributed by atoms with Crippen LogP contribution in [0.3, 0.4) is 0 Å². The van der Waals surface area contributed by atoms with Crippen molar-refractivity contribution in [1.29, 1.82) is 0 Å². The minimum Gasteiger partial charge on any atom is -0.386 e. The van der Waals surface area contributed by atoms with Gasteiger partial charge in [-0.25, -0.2) is 9.59 Å². The van der Waals surface area contributed by atoms with E-state index in [9.17, 15) is 9.59 Å². The number of hydrogen-bond acceptors (Lipinski definition) is 3. The van der Waals surface area contributed by atoms with Gasteiger partial charge in [0.2, 0.25) is 0 Å². The fourth-order valence-corrected chi connectivity index (χ4v) is 2.86. The molecule has 1 unspecified atom stereocenters. The molecule has 0 heterocycles. The van der Waals surface area contributed by atoms with Crippen molar-refractivity contribution < 1.29 is 14.3 Å². The van der Waals surface area contributed by atoms with Crippen LogP contribution in [0.15, 0.2) is 66.3 Å². The zero-order valence-corrected chi connectivity index (χ0v) is 13.7. The van der Waals surface area contributed by atoms with Crippen molar-refractivity contribution in [3.8, 4) is 0 Å². The fourth-order valence-electron chi connectivity index (χ4n) is 2.86. The zero-order valence-electron chi connectivity index (χ0n) is 13.7. The molecule has 0 bridgehead atoms. The number of carbonyl (C=O) groups is 2. The highest BCUT2D eigenvalue weighted by Gasteiger charge is 2.18. The van der Waals surface area contributed by atoms with E-state index >= 15 is 0 Å². The average molecular weight is 318 g/mol. The summed E-state index contributed by atoms with van der Waals surface area (Å²) in [6.07, 6.45) is 5.94. The second kappa shape index (κ2) is 6.28. The molecule has 3 rings (SSSR count). The largest absolute Gasteiger partial charge is 0.386 e. The van der Waals surface area contributed by atoms with Crippen LogP contribution in [0.5, 0.6) is 0 Å². The smallest absolute Gasteiger partial charge is 0.341 e. The van der Waals surface area contributed by atoms with Gasteiger partial charge in [0.1, 0.15) is 0 Å². The summed E-state index contributed by atoms with van der Waals surface area (Å²) in [7, 11) is 0. The van der Waals surface area contributed by atoms with Crippen LogP contribution in [0.4, 0.5) is 0 Å². The topological polar surface area (TPSA) is 43.4 Å². The monoisotopic (exact) mass is 318 g/mol. The SMILES string of the molecule is C=C(C)C(=O)OC(=O)C(C)=CC1C=Cc2cccc3cccc1c23. The summed E-state index contributed by atoms with van der Waals surface area (Å²) in [6, 6.07) is 12.3. The van der Waals surface area contributed by atoms with E-state index in [2.05, 4.69) is 43.0 Å². The molecule has 120 valence electrons. The van der Waals surface area contributed by atoms with Crippen molar-refractivity contribution in [2.45, 2.75) is 19.8 Å². The van der Waals surface area contributed by atoms with Gasteiger partial charge < -0.3 is 4.74 Å². The van der Waals surface area contributed by atoms with Crippen molar-refractivity contribution in [2.75, 3.05) is 0 Å². The number of esters is 2. The Kier molecular flexibility index (Phi) is 4.17. The molecular weight excluding hydrogens is 300 g/mol. The normalized spacial score (nSPS) is 16.1. The summed E-state index contributed by atoms with van der Waals surface area (Å²) in [5.74, 6) is -1.36. The summed E-state index contributed by atoms with van der Waals surface area (Å²) in [6.45, 7) is 6.64. The van der Waals surface area contributed by atoms with E-state index in [1.807, 2.05) is 18.2 Å². The minimum atomic E-state index is -0.695. The summed E-state index contributed by atoms with van der Waals surface area (Å²) in [5.41, 5.74) is 2.91. The Balaban J connectivity index is 1.93. The highest BCUT2D eigenvalue weighted by molar-refractivity contribution is 6.01. The first-order chi connectivity index (χ1) is 11.5. The van der Waals surface area contributed by atoms with Gasteiger partial charge in [-0.3, -0.25) is 0 Å². The number of hydrogen-bond donors (Lipinski definition) is 0. The van der Waals surface area contributed by atoms with Crippen LogP contribution in [-0.4, -0.2) is 11.9 Å². The number of allylic oxidation sites excluding steroid dienone is 2. The zero-order chi connectivity index (χ0) is 17.3. The van der Waals surface area contributed by atoms with Crippen LogP contribution in [-0.2, 0) is 14.3 Å². The van der Waals surface area contributed by atoms with E-state index in [0.29, 0.717) is 5.57 Å². The van der Waals surface area contributed by atoms with Crippen LogP contribution in [0.25, 0.3) is 16.8 Å². The van der Waals surface area contributed by atoms with Crippen LogP contribution >= 0.6 is 0 Å². The van der Waals surface area contributed by atoms with Gasteiger partial charge in [-0.05, 0) is 35.7 Å². The predicted molar refractivity (Wildman–Crippen MR) is 95.4 cm³/mol. The van der Waals surface area contributed by atoms with Gasteiger partial charge in [-0.1, -0.05) is 61.2 Å². The van der Waals surface area contributed by atoms with E-state index in [0.717, 1.165) is 5.56 Å². The standard InChI is InChI=1S/C21H18O3/c1-13(2)20(22)24-21(23)14(3)12-17-11-10-16-7-4-6-15-8-5-9-18(17)19(15)16/h4-12,17H,1H2,2-3H3. The molecule has 0 aliphatic heterocycles. The van der Waals surface area contributed by atoms with Crippen molar-refractivity contribution in [1.82, 2.24) is 0 Å². The number of benzene rings is 2. The number of carbonyl (C=O) groups excluding carboxylic acids is 2. The Labute approximate surface area is 140 Å². The summed E-state index contributed by atoms with van der Waals surface area (Å²) >= 11 is 0. The molecule has 0 radical (unpaired) electrons. The lowest BCUT2D eigenvalue weighted by Gasteiger charge is -2.19. The fraction of sp³-hybridized carbons (Fsp3) is 0.143. The van der Waals surface area contributed by atoms with Crippen molar-refractivity contribution in [3.63, 3.8) is 0 Å². The van der Waals surface area contributed by atoms with Gasteiger partial charge in [0.25, 0.3) is 0 Å². The van der Waals surface area contributed by atoms with Crippen LogP contribution in [0.1, 0.15) is 30.9 Å². The lowest BCUT2D eigenvalue weighted by atomic mass is 9.85. The molecule has 1 aliphatic rings. The first kappa shape index (κ1) is 15.9. The molecule has 2 aromatic carbocycles. The summed E-state index contributed by atoms with van der Waals surface area (Å²) < 4.78 is 4.79. The van der Waals surface area contributed by atoms with Crippen molar-refractivity contribution in [3.05, 3.63) is 77.4 Å². The molecule has 24 heavy (non-hydrogen) atoms. The van der Waals surface area contributed by atoms with E-state index in [4.69, 9.17) is 4.74 Å². The van der Waals surface area contributed by atoms with Gasteiger partial charge in [-0.2, -0.15) is 0 Å². The maximum absolute atomic E-state index is 12.0. The molecule has 1 aliphatic carbocycles. The maximum Gasteiger partial charge on any atom is 0.341 e. The third kappa shape index (κ3) is 2.93. The van der Waals surface area contributed by atoms with Crippen LogP contribution in [0.2, 0.25) is 0 Å². The van der Waals surface area contributed by atoms with Gasteiger partial charge in [0, 0.05) is 17.1 Å². The number of ether oxygens (including phenoxy) is 1. The average Bonchev–Trinajstić information content (AvgIpc) is 2.57. The van der Waals surface area contributed by atoms with Crippen molar-refractivity contribution >= 4 is 28.8 Å². The molecule has 3 nitrogen and oxygen atoms in total. The molecule has 0 saturated heterocycles. The molecule has 0 fully saturated rings. The minimum absolute atomic E-state index is 0.0314. The lowest BCUT2D eigenvalue weighted by molar-refractivity contribution is -0.153. The number of rotatable bonds is 3. The Morgan fingerprint density at radius 3 is 2.50 bits per heavy atom. The van der Waals surface area contributed by atoms with Gasteiger partial charge in [0.15, 0.2) is 0 Å². The molecule has 2 aromatic rings. The van der Waals surface area contributed by atoms with E-state index in [-0.39, 0.29) is 11.5 Å². The molecule has 0 saturated carbocycles. The molecule has 1 atom stereocenters. The first-order valence-corrected chi connectivity index (χ1v) is 7.77. The van der Waals surface area contributed by atoms with Gasteiger partial charge in [-0.15, -0.1) is 0 Å². The Hall–Kier alpha value is -2.94. The summed E-state index contributed by atoms with van der Waals surface area (Å²) in [4.78, 5) is 23.5. The van der Waals surface area contributed by atoms with Crippen molar-refractivity contribution in [2.24, 2.45) is 0 Å². The Bertz CT molecular complexity index is 911. The highest BCUT2D eigenvalue weighted by atomic mass is 16.6. The molecule has 0 spiro atoms. The third-order valence-electron chi connectivity index (χ3n) is 4.10.